The third-order valence-electron chi connectivity index (χ3n) is 11.9. The van der Waals surface area contributed by atoms with Gasteiger partial charge in [-0.2, -0.15) is 0 Å². The van der Waals surface area contributed by atoms with Crippen LogP contribution in [0.15, 0.2) is 42.9 Å². The zero-order valence-corrected chi connectivity index (χ0v) is 45.0. The Bertz CT molecular complexity index is 2210. The van der Waals surface area contributed by atoms with Gasteiger partial charge in [0.2, 0.25) is 53.2 Å². The Morgan fingerprint density at radius 2 is 1.01 bits per heavy atom. The average molecular weight is 1070 g/mol. The highest BCUT2D eigenvalue weighted by Gasteiger charge is 2.37. The molecule has 2 aromatic rings. The molecule has 0 bridgehead atoms. The van der Waals surface area contributed by atoms with E-state index in [-0.39, 0.29) is 56.3 Å². The molecule has 9 atom stereocenters. The van der Waals surface area contributed by atoms with Gasteiger partial charge >= 0.3 is 5.97 Å². The van der Waals surface area contributed by atoms with Crippen LogP contribution in [0.25, 0.3) is 0 Å². The van der Waals surface area contributed by atoms with E-state index in [1.54, 1.807) is 71.9 Å². The number of unbranched alkanes of at least 4 members (excludes halogenated alkanes) is 1. The summed E-state index contributed by atoms with van der Waals surface area (Å²) < 4.78 is 0. The van der Waals surface area contributed by atoms with Gasteiger partial charge in [-0.3, -0.25) is 43.2 Å². The molecule has 76 heavy (non-hydrogen) atoms. The Balaban J connectivity index is 2.44. The fourth-order valence-corrected chi connectivity index (χ4v) is 7.94. The second-order valence-corrected chi connectivity index (χ2v) is 20.6. The fraction of sp³-hybridized carbons (Fsp3) is 0.627. The van der Waals surface area contributed by atoms with Crippen LogP contribution in [0.3, 0.4) is 0 Å². The Morgan fingerprint density at radius 1 is 0.566 bits per heavy atom. The molecule has 17 N–H and O–H groups in total. The number of aliphatic carboxylic acids is 1. The van der Waals surface area contributed by atoms with Crippen molar-refractivity contribution in [1.82, 2.24) is 52.5 Å². The number of rotatable bonds is 35. The molecule has 0 fully saturated rings. The lowest BCUT2D eigenvalue weighted by molar-refractivity contribution is -0.143. The van der Waals surface area contributed by atoms with Gasteiger partial charge in [-0.15, -0.1) is 0 Å². The second kappa shape index (κ2) is 33.1. The summed E-state index contributed by atoms with van der Waals surface area (Å²) in [4.78, 5) is 142. The lowest BCUT2D eigenvalue weighted by Crippen LogP contribution is -2.61. The van der Waals surface area contributed by atoms with Crippen molar-refractivity contribution in [1.29, 1.82) is 0 Å². The van der Waals surface area contributed by atoms with E-state index in [0.29, 0.717) is 30.6 Å². The monoisotopic (exact) mass is 1070 g/mol. The van der Waals surface area contributed by atoms with E-state index < -0.39 is 132 Å². The topological polar surface area (TPSA) is 414 Å². The molecule has 0 saturated heterocycles. The maximum atomic E-state index is 14.5. The normalized spacial score (nSPS) is 14.9. The molecule has 1 heterocycles. The molecule has 0 radical (unpaired) electrons. The van der Waals surface area contributed by atoms with Crippen LogP contribution in [-0.4, -0.2) is 147 Å². The van der Waals surface area contributed by atoms with Gasteiger partial charge < -0.3 is 74.9 Å². The predicted octanol–water partition coefficient (Wildman–Crippen LogP) is -1.72. The average Bonchev–Trinajstić information content (AvgIpc) is 3.85. The molecule has 0 saturated carbocycles. The first-order chi connectivity index (χ1) is 35.8. The summed E-state index contributed by atoms with van der Waals surface area (Å²) in [6.45, 7) is 13.3. The summed E-state index contributed by atoms with van der Waals surface area (Å²) in [6, 6.07) is -3.39. The van der Waals surface area contributed by atoms with E-state index >= 15 is 0 Å². The number of carbonyl (C=O) groups excluding carboxylic acids is 9. The summed E-state index contributed by atoms with van der Waals surface area (Å²) in [6.07, 6.45) is 3.51. The van der Waals surface area contributed by atoms with Gasteiger partial charge in [-0.05, 0) is 74.3 Å². The highest BCUT2D eigenvalue weighted by Crippen LogP contribution is 2.14. The van der Waals surface area contributed by atoms with Crippen LogP contribution in [0.2, 0.25) is 0 Å². The lowest BCUT2D eigenvalue weighted by Gasteiger charge is -2.29. The molecular formula is C51H83N13O12. The van der Waals surface area contributed by atoms with Gasteiger partial charge in [0, 0.05) is 24.7 Å². The third-order valence-corrected chi connectivity index (χ3v) is 11.9. The molecule has 0 aliphatic carbocycles. The summed E-state index contributed by atoms with van der Waals surface area (Å²) >= 11 is 0. The first-order valence-electron chi connectivity index (χ1n) is 25.8. The third kappa shape index (κ3) is 23.7. The molecule has 1 aromatic carbocycles. The van der Waals surface area contributed by atoms with Crippen molar-refractivity contribution in [2.24, 2.45) is 40.9 Å². The maximum absolute atomic E-state index is 14.5. The number of nitrogens with two attached hydrogens (primary N) is 3. The number of aromatic amines is 1. The zero-order valence-electron chi connectivity index (χ0n) is 45.0. The molecule has 1 aromatic heterocycles. The van der Waals surface area contributed by atoms with E-state index in [1.807, 2.05) is 13.8 Å². The van der Waals surface area contributed by atoms with Crippen LogP contribution < -0.4 is 59.7 Å². The molecular weight excluding hydrogens is 987 g/mol. The number of aliphatic hydroxyl groups is 1. The number of nitrogens with zero attached hydrogens (tertiary/aromatic N) is 1. The Kier molecular flexibility index (Phi) is 28.4. The van der Waals surface area contributed by atoms with Crippen LogP contribution >= 0.6 is 0 Å². The van der Waals surface area contributed by atoms with E-state index in [4.69, 9.17) is 17.2 Å². The Hall–Kier alpha value is -6.99. The largest absolute Gasteiger partial charge is 0.480 e. The van der Waals surface area contributed by atoms with Crippen LogP contribution in [0.4, 0.5) is 0 Å². The Morgan fingerprint density at radius 3 is 1.47 bits per heavy atom. The number of hydrogen-bond donors (Lipinski definition) is 14. The second-order valence-electron chi connectivity index (χ2n) is 20.6. The molecule has 0 aliphatic rings. The van der Waals surface area contributed by atoms with Crippen molar-refractivity contribution in [3.8, 4) is 0 Å². The molecule has 0 aliphatic heterocycles. The van der Waals surface area contributed by atoms with Crippen LogP contribution in [0, 0.1) is 23.7 Å². The number of hydrogen-bond acceptors (Lipinski definition) is 14. The summed E-state index contributed by atoms with van der Waals surface area (Å²) in [5, 5.41) is 39.5. The predicted molar refractivity (Wildman–Crippen MR) is 281 cm³/mol. The first kappa shape index (κ1) is 65.1. The van der Waals surface area contributed by atoms with E-state index in [9.17, 15) is 58.2 Å². The first-order valence-corrected chi connectivity index (χ1v) is 25.8. The number of imidazole rings is 1. The standard InChI is InChI=1S/C51H83N13O12/c1-27(2)18-35(58-43(67)33(53)22-32-24-55-26-56-32)45(69)57-34(16-12-13-17-52)44(68)60-38(21-31-14-10-9-11-15-31)48(72)59-36(19-28(3)4)46(70)61-39(23-41(54)66)49(73)64-42(30(7)8)50(74)62-37(20-29(5)6)47(71)63-40(25-65)51(75)76/h9-11,14-15,24,26-30,33-40,42,65H,12-13,16-23,25,52-53H2,1-8H3,(H2,54,66)(H,55,56)(H,57,69)(H,58,67)(H,59,72)(H,60,68)(H,61,70)(H,62,74)(H,63,71)(H,64,73)(H,75,76)/t33-,34-,35-,36-,37-,38-,39-,40-,42-/m0/s1. The van der Waals surface area contributed by atoms with E-state index in [0.717, 1.165) is 0 Å². The number of primary amides is 1. The summed E-state index contributed by atoms with van der Waals surface area (Å²) in [7, 11) is 0. The quantitative estimate of drug-likeness (QED) is 0.0342. The SMILES string of the molecule is CC(C)C[C@H](NC(=O)[C@H](Cc1ccccc1)NC(=O)[C@H](CCCCN)NC(=O)[C@H](CC(C)C)NC(=O)[C@@H](N)Cc1cnc[nH]1)C(=O)N[C@@H](CC(N)=O)C(=O)N[C@H](C(=O)N[C@@H](CC(C)C)C(=O)N[C@@H](CO)C(=O)O)C(C)C. The number of H-pyrrole nitrogens is 1. The van der Waals surface area contributed by atoms with Gasteiger partial charge in [0.05, 0.1) is 25.4 Å². The van der Waals surface area contributed by atoms with Crippen LogP contribution in [-0.2, 0) is 60.8 Å². The number of amides is 9. The van der Waals surface area contributed by atoms with Gasteiger partial charge in [0.1, 0.15) is 48.3 Å². The van der Waals surface area contributed by atoms with Crippen molar-refractivity contribution < 1.29 is 58.2 Å². The minimum atomic E-state index is -1.68. The Labute approximate surface area is 444 Å². The molecule has 25 heteroatoms. The lowest BCUT2D eigenvalue weighted by atomic mass is 9.98. The summed E-state index contributed by atoms with van der Waals surface area (Å²) in [5.41, 5.74) is 18.7. The van der Waals surface area contributed by atoms with Crippen molar-refractivity contribution in [3.63, 3.8) is 0 Å². The molecule has 9 amide bonds. The van der Waals surface area contributed by atoms with E-state index in [2.05, 4.69) is 52.5 Å². The van der Waals surface area contributed by atoms with E-state index in [1.165, 1.54) is 12.5 Å². The highest BCUT2D eigenvalue weighted by atomic mass is 16.4. The summed E-state index contributed by atoms with van der Waals surface area (Å²) in [5.74, 6) is -10.2. The number of benzene rings is 1. The number of nitrogens with one attached hydrogen (secondary N) is 9. The number of aliphatic hydroxyl groups excluding tert-OH is 1. The van der Waals surface area contributed by atoms with Crippen molar-refractivity contribution >= 4 is 59.1 Å². The molecule has 2 rings (SSSR count). The number of carboxylic acids is 1. The minimum Gasteiger partial charge on any atom is -0.480 e. The van der Waals surface area contributed by atoms with Gasteiger partial charge in [-0.1, -0.05) is 85.7 Å². The highest BCUT2D eigenvalue weighted by molar-refractivity contribution is 5.99. The molecule has 0 spiro atoms. The van der Waals surface area contributed by atoms with Gasteiger partial charge in [0.25, 0.3) is 0 Å². The fourth-order valence-electron chi connectivity index (χ4n) is 7.94. The number of carboxylic acid groups (broad SMARTS) is 1. The zero-order chi connectivity index (χ0) is 57.2. The van der Waals surface area contributed by atoms with Crippen molar-refractivity contribution in [2.75, 3.05) is 13.2 Å². The van der Waals surface area contributed by atoms with Crippen molar-refractivity contribution in [3.05, 3.63) is 54.1 Å². The maximum Gasteiger partial charge on any atom is 0.328 e. The van der Waals surface area contributed by atoms with Gasteiger partial charge in [0.15, 0.2) is 0 Å². The van der Waals surface area contributed by atoms with Crippen LogP contribution in [0.1, 0.15) is 112 Å². The minimum absolute atomic E-state index is 0.00386. The number of carbonyl (C=O) groups is 10. The smallest absolute Gasteiger partial charge is 0.328 e. The molecule has 424 valence electrons. The molecule has 0 unspecified atom stereocenters. The van der Waals surface area contributed by atoms with Crippen LogP contribution in [0.5, 0.6) is 0 Å². The van der Waals surface area contributed by atoms with Crippen molar-refractivity contribution in [2.45, 2.75) is 168 Å². The van der Waals surface area contributed by atoms with Gasteiger partial charge in [-0.25, -0.2) is 9.78 Å². The molecule has 25 nitrogen and oxygen atoms in total. The number of aromatic nitrogens is 2.